The molecule has 0 bridgehead atoms. The Bertz CT molecular complexity index is 845. The largest absolute Gasteiger partial charge is 0.404 e. The van der Waals surface area contributed by atoms with Gasteiger partial charge in [0.15, 0.2) is 5.82 Å². The average Bonchev–Trinajstić information content (AvgIpc) is 3.14. The summed E-state index contributed by atoms with van der Waals surface area (Å²) in [5.41, 5.74) is 7.29. The van der Waals surface area contributed by atoms with E-state index >= 15 is 0 Å². The van der Waals surface area contributed by atoms with Crippen molar-refractivity contribution in [3.63, 3.8) is 0 Å². The van der Waals surface area contributed by atoms with E-state index in [0.29, 0.717) is 17.1 Å². The first-order valence-corrected chi connectivity index (χ1v) is 9.13. The lowest BCUT2D eigenvalue weighted by Crippen LogP contribution is -2.23. The number of carbonyl (C=O) groups excluding carboxylic acids is 1. The highest BCUT2D eigenvalue weighted by Gasteiger charge is 2.18. The van der Waals surface area contributed by atoms with Crippen LogP contribution in [0.15, 0.2) is 47.1 Å². The van der Waals surface area contributed by atoms with Crippen LogP contribution in [0.2, 0.25) is 0 Å². The van der Waals surface area contributed by atoms with Crippen LogP contribution in [0.5, 0.6) is 0 Å². The molecule has 1 aromatic carbocycles. The molecule has 0 spiro atoms. The van der Waals surface area contributed by atoms with Crippen molar-refractivity contribution in [1.82, 2.24) is 10.2 Å². The number of nitrogens with two attached hydrogens (primary N) is 1. The number of unbranched alkanes of at least 4 members (excludes halogenated alkanes) is 1. The molecule has 0 aliphatic rings. The molecule has 6 nitrogen and oxygen atoms in total. The summed E-state index contributed by atoms with van der Waals surface area (Å²) >= 11 is 0. The van der Waals surface area contributed by atoms with Gasteiger partial charge in [0.2, 0.25) is 5.91 Å². The van der Waals surface area contributed by atoms with Gasteiger partial charge >= 0.3 is 0 Å². The molecule has 1 aromatic heterocycles. The van der Waals surface area contributed by atoms with Gasteiger partial charge in [0.1, 0.15) is 0 Å². The van der Waals surface area contributed by atoms with Gasteiger partial charge in [0, 0.05) is 23.5 Å². The minimum atomic E-state index is -2.57. The predicted octanol–water partition coefficient (Wildman–Crippen LogP) is 4.51. The fourth-order valence-electron chi connectivity index (χ4n) is 2.50. The van der Waals surface area contributed by atoms with Crippen molar-refractivity contribution in [2.24, 2.45) is 16.6 Å². The Balaban J connectivity index is 2.02. The summed E-state index contributed by atoms with van der Waals surface area (Å²) < 4.78 is 25.6. The first-order valence-electron chi connectivity index (χ1n) is 9.13. The van der Waals surface area contributed by atoms with Gasteiger partial charge in [-0.05, 0) is 43.7 Å². The number of H-pyrrole nitrogens is 1. The first-order chi connectivity index (χ1) is 13.4. The van der Waals surface area contributed by atoms with Crippen LogP contribution in [-0.4, -0.2) is 22.3 Å². The van der Waals surface area contributed by atoms with Gasteiger partial charge in [-0.25, -0.2) is 8.78 Å². The van der Waals surface area contributed by atoms with Gasteiger partial charge in [-0.2, -0.15) is 5.10 Å². The molecule has 0 saturated heterocycles. The second-order valence-corrected chi connectivity index (χ2v) is 6.41. The highest BCUT2D eigenvalue weighted by molar-refractivity contribution is 5.98. The molecule has 28 heavy (non-hydrogen) atoms. The number of aromatic nitrogens is 2. The summed E-state index contributed by atoms with van der Waals surface area (Å²) in [5.74, 6) is -0.443. The van der Waals surface area contributed by atoms with Crippen LogP contribution in [0.25, 0.3) is 0 Å². The molecule has 0 saturated carbocycles. The van der Waals surface area contributed by atoms with Crippen molar-refractivity contribution in [3.8, 4) is 0 Å². The third-order valence-electron chi connectivity index (χ3n) is 4.25. The molecule has 2 aromatic rings. The lowest BCUT2D eigenvalue weighted by atomic mass is 10.0. The van der Waals surface area contributed by atoms with Gasteiger partial charge in [-0.1, -0.05) is 25.5 Å². The number of benzene rings is 1. The quantitative estimate of drug-likeness (QED) is 0.551. The topological polar surface area (TPSA) is 96.2 Å². The number of alkyl halides is 2. The van der Waals surface area contributed by atoms with Crippen LogP contribution in [0.4, 0.5) is 20.3 Å². The van der Waals surface area contributed by atoms with Crippen molar-refractivity contribution >= 4 is 23.6 Å². The maximum Gasteiger partial charge on any atom is 0.263 e. The summed E-state index contributed by atoms with van der Waals surface area (Å²) in [6, 6.07) is 7.53. The maximum atomic E-state index is 12.8. The molecule has 0 aliphatic heterocycles. The number of amides is 1. The van der Waals surface area contributed by atoms with Gasteiger partial charge in [0.05, 0.1) is 11.6 Å². The molecular formula is C20H25F2N5O. The highest BCUT2D eigenvalue weighted by Crippen LogP contribution is 2.23. The molecule has 0 radical (unpaired) electrons. The summed E-state index contributed by atoms with van der Waals surface area (Å²) in [6.07, 6.45) is 3.10. The van der Waals surface area contributed by atoms with Crippen LogP contribution in [-0.2, 0) is 11.2 Å². The normalized spacial score (nSPS) is 13.2. The van der Waals surface area contributed by atoms with Crippen LogP contribution in [0.3, 0.4) is 0 Å². The molecule has 150 valence electrons. The molecule has 1 heterocycles. The zero-order valence-corrected chi connectivity index (χ0v) is 16.0. The Morgan fingerprint density at radius 3 is 2.86 bits per heavy atom. The average molecular weight is 389 g/mol. The van der Waals surface area contributed by atoms with Gasteiger partial charge in [-0.3, -0.25) is 14.9 Å². The van der Waals surface area contributed by atoms with Crippen molar-refractivity contribution in [1.29, 1.82) is 0 Å². The lowest BCUT2D eigenvalue weighted by Gasteiger charge is -2.11. The predicted molar refractivity (Wildman–Crippen MR) is 107 cm³/mol. The van der Waals surface area contributed by atoms with E-state index in [9.17, 15) is 13.6 Å². The summed E-state index contributed by atoms with van der Waals surface area (Å²) in [5, 5.41) is 9.72. The Hall–Kier alpha value is -3.03. The number of aryl methyl sites for hydroxylation is 1. The molecule has 2 rings (SSSR count). The van der Waals surface area contributed by atoms with E-state index in [1.54, 1.807) is 19.1 Å². The number of hydrogen-bond donors (Lipinski definition) is 3. The van der Waals surface area contributed by atoms with E-state index in [1.165, 1.54) is 30.6 Å². The Kier molecular flexibility index (Phi) is 7.86. The van der Waals surface area contributed by atoms with E-state index in [4.69, 9.17) is 5.73 Å². The van der Waals surface area contributed by atoms with Crippen molar-refractivity contribution in [2.45, 2.75) is 39.5 Å². The van der Waals surface area contributed by atoms with Crippen LogP contribution >= 0.6 is 0 Å². The molecule has 0 fully saturated rings. The molecule has 4 N–H and O–H groups in total. The number of rotatable bonds is 9. The minimum Gasteiger partial charge on any atom is -0.404 e. The number of halogens is 2. The lowest BCUT2D eigenvalue weighted by molar-refractivity contribution is -0.118. The number of aliphatic imine (C=N–C) groups is 1. The first kappa shape index (κ1) is 21.3. The van der Waals surface area contributed by atoms with E-state index < -0.39 is 12.3 Å². The highest BCUT2D eigenvalue weighted by atomic mass is 19.3. The zero-order chi connectivity index (χ0) is 20.5. The summed E-state index contributed by atoms with van der Waals surface area (Å²) in [7, 11) is 0. The fourth-order valence-corrected chi connectivity index (χ4v) is 2.50. The molecule has 1 atom stereocenters. The molecule has 1 amide bonds. The van der Waals surface area contributed by atoms with Crippen LogP contribution < -0.4 is 11.1 Å². The zero-order valence-electron chi connectivity index (χ0n) is 16.0. The fraction of sp³-hybridized carbons (Fsp3) is 0.350. The van der Waals surface area contributed by atoms with Crippen molar-refractivity contribution in [2.75, 3.05) is 5.32 Å². The standard InChI is InChI=1S/C20H25F2N5O/c1-3-4-7-17-10-18(27-26-17)25-20(28)13(2)15(11-23)12-24-16-8-5-6-14(9-16)19(21)22/h5-6,8-13,19H,3-4,7,23H2,1-2H3,(H2,25,26,27,28)/b15-11+,24-12?. The van der Waals surface area contributed by atoms with E-state index in [2.05, 4.69) is 27.4 Å². The van der Waals surface area contributed by atoms with E-state index in [1.807, 2.05) is 0 Å². The molecular weight excluding hydrogens is 364 g/mol. The summed E-state index contributed by atoms with van der Waals surface area (Å²) in [6.45, 7) is 3.78. The number of anilines is 1. The second kappa shape index (κ2) is 10.3. The Morgan fingerprint density at radius 2 is 2.18 bits per heavy atom. The van der Waals surface area contributed by atoms with Gasteiger partial charge < -0.3 is 11.1 Å². The Labute approximate surface area is 162 Å². The SMILES string of the molecule is CCCCc1cc(NC(=O)C(C)/C(C=Nc2cccc(C(F)F)c2)=C/N)n[nH]1. The number of aromatic amines is 1. The molecule has 8 heteroatoms. The summed E-state index contributed by atoms with van der Waals surface area (Å²) in [4.78, 5) is 16.6. The number of nitrogens with zero attached hydrogens (tertiary/aromatic N) is 2. The molecule has 1 unspecified atom stereocenters. The number of hydrogen-bond acceptors (Lipinski definition) is 4. The third kappa shape index (κ3) is 6.00. The minimum absolute atomic E-state index is 0.115. The number of nitrogens with one attached hydrogen (secondary N) is 2. The van der Waals surface area contributed by atoms with E-state index in [-0.39, 0.29) is 11.5 Å². The van der Waals surface area contributed by atoms with Crippen molar-refractivity contribution < 1.29 is 13.6 Å². The van der Waals surface area contributed by atoms with Crippen LogP contribution in [0, 0.1) is 5.92 Å². The number of carbonyl (C=O) groups is 1. The smallest absolute Gasteiger partial charge is 0.263 e. The van der Waals surface area contributed by atoms with Gasteiger partial charge in [0.25, 0.3) is 6.43 Å². The van der Waals surface area contributed by atoms with Gasteiger partial charge in [-0.15, -0.1) is 0 Å². The Morgan fingerprint density at radius 1 is 1.39 bits per heavy atom. The monoisotopic (exact) mass is 389 g/mol. The third-order valence-corrected chi connectivity index (χ3v) is 4.25. The van der Waals surface area contributed by atoms with Crippen molar-refractivity contribution in [3.05, 3.63) is 53.4 Å². The van der Waals surface area contributed by atoms with E-state index in [0.717, 1.165) is 25.0 Å². The molecule has 0 aliphatic carbocycles. The van der Waals surface area contributed by atoms with Crippen LogP contribution in [0.1, 0.15) is 44.4 Å². The second-order valence-electron chi connectivity index (χ2n) is 6.41. The maximum absolute atomic E-state index is 12.8.